The van der Waals surface area contributed by atoms with Gasteiger partial charge < -0.3 is 11.1 Å². The van der Waals surface area contributed by atoms with E-state index in [1.165, 1.54) is 0 Å². The average molecular weight is 208 g/mol. The van der Waals surface area contributed by atoms with Gasteiger partial charge in [0.05, 0.1) is 11.3 Å². The molecule has 0 aliphatic heterocycles. The molecule has 4 nitrogen and oxygen atoms in total. The van der Waals surface area contributed by atoms with E-state index in [4.69, 9.17) is 11.0 Å². The lowest BCUT2D eigenvalue weighted by atomic mass is 10.2. The molecule has 0 aliphatic rings. The minimum atomic E-state index is 0.427. The van der Waals surface area contributed by atoms with Crippen LogP contribution in [0.2, 0.25) is 0 Å². The van der Waals surface area contributed by atoms with Crippen LogP contribution in [0.25, 0.3) is 0 Å². The van der Waals surface area contributed by atoms with Crippen molar-refractivity contribution in [2.75, 3.05) is 29.6 Å². The summed E-state index contributed by atoms with van der Waals surface area (Å²) in [7, 11) is 0. The number of nitrogens with one attached hydrogen (secondary N) is 1. The summed E-state index contributed by atoms with van der Waals surface area (Å²) in [6.07, 6.45) is 3.61. The van der Waals surface area contributed by atoms with Gasteiger partial charge in [0, 0.05) is 18.5 Å². The van der Waals surface area contributed by atoms with E-state index in [1.807, 2.05) is 12.3 Å². The van der Waals surface area contributed by atoms with Crippen molar-refractivity contribution in [2.45, 2.75) is 0 Å². The number of anilines is 2. The second kappa shape index (κ2) is 5.35. The van der Waals surface area contributed by atoms with Gasteiger partial charge in [-0.2, -0.15) is 17.0 Å². The summed E-state index contributed by atoms with van der Waals surface area (Å²) in [6.45, 7) is 0.799. The van der Waals surface area contributed by atoms with Crippen LogP contribution in [0, 0.1) is 11.3 Å². The summed E-state index contributed by atoms with van der Waals surface area (Å²) >= 11 is 1.74. The van der Waals surface area contributed by atoms with Crippen LogP contribution >= 0.6 is 11.8 Å². The first-order valence-electron chi connectivity index (χ1n) is 4.17. The molecule has 0 saturated carbocycles. The van der Waals surface area contributed by atoms with Crippen molar-refractivity contribution in [3.05, 3.63) is 17.8 Å². The second-order valence-corrected chi connectivity index (χ2v) is 3.64. The fraction of sp³-hybridized carbons (Fsp3) is 0.333. The number of nitriles is 1. The van der Waals surface area contributed by atoms with Gasteiger partial charge >= 0.3 is 0 Å². The number of rotatable bonds is 4. The summed E-state index contributed by atoms with van der Waals surface area (Å²) in [5.74, 6) is 1.58. The Labute approximate surface area is 87.5 Å². The van der Waals surface area contributed by atoms with E-state index in [9.17, 15) is 0 Å². The molecule has 5 heteroatoms. The van der Waals surface area contributed by atoms with E-state index in [0.717, 1.165) is 12.3 Å². The van der Waals surface area contributed by atoms with Crippen molar-refractivity contribution in [1.82, 2.24) is 4.98 Å². The van der Waals surface area contributed by atoms with Crippen LogP contribution in [-0.2, 0) is 0 Å². The fourth-order valence-electron chi connectivity index (χ4n) is 0.983. The number of nitrogens with zero attached hydrogens (tertiary/aromatic N) is 2. The predicted molar refractivity (Wildman–Crippen MR) is 60.2 cm³/mol. The Bertz CT molecular complexity index is 345. The third-order valence-electron chi connectivity index (χ3n) is 1.71. The molecule has 1 rings (SSSR count). The molecule has 1 aromatic rings. The Morgan fingerprint density at radius 2 is 2.50 bits per heavy atom. The largest absolute Gasteiger partial charge is 0.395 e. The van der Waals surface area contributed by atoms with Crippen LogP contribution in [-0.4, -0.2) is 23.5 Å². The van der Waals surface area contributed by atoms with Crippen molar-refractivity contribution < 1.29 is 0 Å². The Kier molecular flexibility index (Phi) is 4.08. The molecule has 0 fully saturated rings. The summed E-state index contributed by atoms with van der Waals surface area (Å²) in [6, 6.07) is 3.62. The first kappa shape index (κ1) is 10.7. The Hall–Kier alpha value is -1.41. The molecular formula is C9H12N4S. The monoisotopic (exact) mass is 208 g/mol. The molecule has 0 amide bonds. The lowest BCUT2D eigenvalue weighted by Crippen LogP contribution is -2.08. The van der Waals surface area contributed by atoms with Crippen LogP contribution in [0.1, 0.15) is 5.56 Å². The van der Waals surface area contributed by atoms with Crippen LogP contribution < -0.4 is 11.1 Å². The molecule has 3 N–H and O–H groups in total. The highest BCUT2D eigenvalue weighted by Gasteiger charge is 2.04. The summed E-state index contributed by atoms with van der Waals surface area (Å²) in [5.41, 5.74) is 6.61. The zero-order valence-electron chi connectivity index (χ0n) is 7.95. The molecule has 0 spiro atoms. The molecule has 0 atom stereocenters. The molecule has 74 valence electrons. The van der Waals surface area contributed by atoms with E-state index in [-0.39, 0.29) is 0 Å². The second-order valence-electron chi connectivity index (χ2n) is 2.65. The normalized spacial score (nSPS) is 9.43. The summed E-state index contributed by atoms with van der Waals surface area (Å²) in [5, 5.41) is 11.8. The third-order valence-corrected chi connectivity index (χ3v) is 2.32. The highest BCUT2D eigenvalue weighted by atomic mass is 32.2. The Morgan fingerprint density at radius 1 is 1.71 bits per heavy atom. The standard InChI is InChI=1S/C9H12N4S/c1-14-5-4-13-9-8(11)7(6-10)2-3-12-9/h2-3H,4-5,11H2,1H3,(H,12,13). The first-order chi connectivity index (χ1) is 6.79. The zero-order valence-corrected chi connectivity index (χ0v) is 8.77. The number of pyridine rings is 1. The van der Waals surface area contributed by atoms with Gasteiger partial charge in [-0.3, -0.25) is 0 Å². The third kappa shape index (κ3) is 2.54. The molecule has 1 aromatic heterocycles. The maximum atomic E-state index is 8.72. The van der Waals surface area contributed by atoms with Gasteiger partial charge in [0.2, 0.25) is 0 Å². The average Bonchev–Trinajstić information content (AvgIpc) is 2.21. The van der Waals surface area contributed by atoms with Gasteiger partial charge in [-0.25, -0.2) is 4.98 Å². The van der Waals surface area contributed by atoms with Crippen molar-refractivity contribution in [1.29, 1.82) is 5.26 Å². The molecule has 0 unspecified atom stereocenters. The van der Waals surface area contributed by atoms with E-state index in [1.54, 1.807) is 24.0 Å². The number of nitrogens with two attached hydrogens (primary N) is 1. The van der Waals surface area contributed by atoms with Gasteiger partial charge in [0.15, 0.2) is 5.82 Å². The minimum Gasteiger partial charge on any atom is -0.395 e. The topological polar surface area (TPSA) is 74.7 Å². The lowest BCUT2D eigenvalue weighted by Gasteiger charge is -2.07. The zero-order chi connectivity index (χ0) is 10.4. The predicted octanol–water partition coefficient (Wildman–Crippen LogP) is 1.31. The fourth-order valence-corrected chi connectivity index (χ4v) is 1.29. The maximum Gasteiger partial charge on any atom is 0.150 e. The van der Waals surface area contributed by atoms with E-state index < -0.39 is 0 Å². The molecule has 0 aliphatic carbocycles. The smallest absolute Gasteiger partial charge is 0.150 e. The van der Waals surface area contributed by atoms with Crippen molar-refractivity contribution in [2.24, 2.45) is 0 Å². The van der Waals surface area contributed by atoms with Crippen molar-refractivity contribution >= 4 is 23.3 Å². The highest BCUT2D eigenvalue weighted by molar-refractivity contribution is 7.98. The molecule has 0 radical (unpaired) electrons. The lowest BCUT2D eigenvalue weighted by molar-refractivity contribution is 1.17. The Balaban J connectivity index is 2.73. The van der Waals surface area contributed by atoms with Crippen molar-refractivity contribution in [3.8, 4) is 6.07 Å². The van der Waals surface area contributed by atoms with Crippen LogP contribution in [0.5, 0.6) is 0 Å². The molecule has 0 saturated heterocycles. The van der Waals surface area contributed by atoms with E-state index >= 15 is 0 Å². The molecule has 0 bridgehead atoms. The van der Waals surface area contributed by atoms with Gasteiger partial charge in [-0.05, 0) is 12.3 Å². The van der Waals surface area contributed by atoms with E-state index in [0.29, 0.717) is 17.1 Å². The number of hydrogen-bond acceptors (Lipinski definition) is 5. The quantitative estimate of drug-likeness (QED) is 0.730. The number of nitrogen functional groups attached to an aromatic ring is 1. The van der Waals surface area contributed by atoms with Crippen LogP contribution in [0.3, 0.4) is 0 Å². The van der Waals surface area contributed by atoms with Gasteiger partial charge in [0.25, 0.3) is 0 Å². The SMILES string of the molecule is CSCCNc1nccc(C#N)c1N. The molecule has 0 aromatic carbocycles. The van der Waals surface area contributed by atoms with Gasteiger partial charge in [-0.15, -0.1) is 0 Å². The van der Waals surface area contributed by atoms with E-state index in [2.05, 4.69) is 10.3 Å². The minimum absolute atomic E-state index is 0.427. The molecule has 14 heavy (non-hydrogen) atoms. The number of aromatic nitrogens is 1. The van der Waals surface area contributed by atoms with Gasteiger partial charge in [-0.1, -0.05) is 0 Å². The molecular weight excluding hydrogens is 196 g/mol. The summed E-state index contributed by atoms with van der Waals surface area (Å²) < 4.78 is 0. The van der Waals surface area contributed by atoms with Crippen LogP contribution in [0.4, 0.5) is 11.5 Å². The summed E-state index contributed by atoms with van der Waals surface area (Å²) in [4.78, 5) is 4.06. The van der Waals surface area contributed by atoms with Crippen molar-refractivity contribution in [3.63, 3.8) is 0 Å². The van der Waals surface area contributed by atoms with Gasteiger partial charge in [0.1, 0.15) is 6.07 Å². The number of hydrogen-bond donors (Lipinski definition) is 2. The first-order valence-corrected chi connectivity index (χ1v) is 5.56. The molecule has 1 heterocycles. The highest BCUT2D eigenvalue weighted by Crippen LogP contribution is 2.18. The maximum absolute atomic E-state index is 8.72. The Morgan fingerprint density at radius 3 is 3.14 bits per heavy atom. The van der Waals surface area contributed by atoms with Crippen LogP contribution in [0.15, 0.2) is 12.3 Å². The number of thioether (sulfide) groups is 1.